The number of halogens is 2. The molecule has 2 rings (SSSR count). The molecule has 37 heavy (non-hydrogen) atoms. The zero-order valence-corrected chi connectivity index (χ0v) is 24.7. The van der Waals surface area contributed by atoms with Crippen molar-refractivity contribution >= 4 is 50.7 Å². The summed E-state index contributed by atoms with van der Waals surface area (Å²) in [6.45, 7) is 9.72. The highest BCUT2D eigenvalue weighted by Crippen LogP contribution is 2.25. The summed E-state index contributed by atoms with van der Waals surface area (Å²) in [4.78, 5) is 28.0. The third-order valence-electron chi connectivity index (χ3n) is 6.10. The lowest BCUT2D eigenvalue weighted by molar-refractivity contribution is -0.141. The predicted molar refractivity (Wildman–Crippen MR) is 152 cm³/mol. The van der Waals surface area contributed by atoms with E-state index in [1.54, 1.807) is 24.3 Å². The molecule has 10 heteroatoms. The summed E-state index contributed by atoms with van der Waals surface area (Å²) in [5.41, 5.74) is 3.28. The van der Waals surface area contributed by atoms with Crippen LogP contribution in [0.15, 0.2) is 36.4 Å². The van der Waals surface area contributed by atoms with Crippen LogP contribution in [0.5, 0.6) is 0 Å². The van der Waals surface area contributed by atoms with E-state index in [0.717, 1.165) is 17.4 Å². The minimum absolute atomic E-state index is 0.0630. The Morgan fingerprint density at radius 2 is 1.70 bits per heavy atom. The van der Waals surface area contributed by atoms with E-state index in [9.17, 15) is 18.0 Å². The van der Waals surface area contributed by atoms with Crippen LogP contribution in [0.4, 0.5) is 5.69 Å². The monoisotopic (exact) mass is 569 g/mol. The van der Waals surface area contributed by atoms with Crippen LogP contribution in [0, 0.1) is 13.8 Å². The Hall–Kier alpha value is -2.29. The standard InChI is InChI=1S/C27H37Cl2N3O4S/c1-7-25(27(34)30-18(2)3)31(17-21-11-12-22(28)16-24(21)29)26(33)9-8-14-32(37(6,35)36)23-13-10-19(4)20(5)15-23/h10-13,15-16,18,25H,7-9,14,17H2,1-6H3,(H,30,34). The molecule has 0 fully saturated rings. The normalized spacial score (nSPS) is 12.4. The van der Waals surface area contributed by atoms with Gasteiger partial charge in [-0.05, 0) is 81.5 Å². The van der Waals surface area contributed by atoms with Gasteiger partial charge in [-0.25, -0.2) is 8.42 Å². The molecule has 0 heterocycles. The summed E-state index contributed by atoms with van der Waals surface area (Å²) in [5, 5.41) is 3.77. The van der Waals surface area contributed by atoms with E-state index in [-0.39, 0.29) is 43.8 Å². The summed E-state index contributed by atoms with van der Waals surface area (Å²) >= 11 is 12.4. The van der Waals surface area contributed by atoms with E-state index < -0.39 is 16.1 Å². The number of anilines is 1. The van der Waals surface area contributed by atoms with Crippen LogP contribution in [0.1, 0.15) is 56.7 Å². The fourth-order valence-electron chi connectivity index (χ4n) is 4.02. The summed E-state index contributed by atoms with van der Waals surface area (Å²) in [6, 6.07) is 9.72. The first-order chi connectivity index (χ1) is 17.2. The maximum absolute atomic E-state index is 13.5. The average molecular weight is 571 g/mol. The highest BCUT2D eigenvalue weighted by Gasteiger charge is 2.29. The molecule has 1 atom stereocenters. The zero-order valence-electron chi connectivity index (χ0n) is 22.3. The Morgan fingerprint density at radius 3 is 2.24 bits per heavy atom. The van der Waals surface area contributed by atoms with E-state index >= 15 is 0 Å². The first kappa shape index (κ1) is 30.9. The van der Waals surface area contributed by atoms with E-state index in [2.05, 4.69) is 5.32 Å². The zero-order chi connectivity index (χ0) is 27.9. The van der Waals surface area contributed by atoms with Crippen LogP contribution in [0.2, 0.25) is 10.0 Å². The number of carbonyl (C=O) groups is 2. The van der Waals surface area contributed by atoms with Gasteiger partial charge >= 0.3 is 0 Å². The van der Waals surface area contributed by atoms with E-state index in [1.165, 1.54) is 9.21 Å². The molecule has 204 valence electrons. The van der Waals surface area contributed by atoms with Crippen molar-refractivity contribution in [3.63, 3.8) is 0 Å². The predicted octanol–water partition coefficient (Wildman–Crippen LogP) is 5.49. The van der Waals surface area contributed by atoms with E-state index in [1.807, 2.05) is 46.8 Å². The largest absolute Gasteiger partial charge is 0.352 e. The molecule has 0 bridgehead atoms. The van der Waals surface area contributed by atoms with Crippen molar-refractivity contribution < 1.29 is 18.0 Å². The number of nitrogens with zero attached hydrogens (tertiary/aromatic N) is 2. The van der Waals surface area contributed by atoms with Gasteiger partial charge in [0, 0.05) is 35.6 Å². The number of carbonyl (C=O) groups excluding carboxylic acids is 2. The van der Waals surface area contributed by atoms with Crippen molar-refractivity contribution in [1.82, 2.24) is 10.2 Å². The third-order valence-corrected chi connectivity index (χ3v) is 7.88. The third kappa shape index (κ3) is 8.90. The van der Waals surface area contributed by atoms with Gasteiger partial charge in [0.1, 0.15) is 6.04 Å². The van der Waals surface area contributed by atoms with Gasteiger partial charge in [0.25, 0.3) is 0 Å². The molecule has 1 unspecified atom stereocenters. The lowest BCUT2D eigenvalue weighted by Crippen LogP contribution is -2.50. The Morgan fingerprint density at radius 1 is 1.03 bits per heavy atom. The molecule has 2 amide bonds. The lowest BCUT2D eigenvalue weighted by atomic mass is 10.1. The molecule has 0 aromatic heterocycles. The van der Waals surface area contributed by atoms with Gasteiger partial charge in [-0.15, -0.1) is 0 Å². The second-order valence-electron chi connectivity index (χ2n) is 9.55. The molecule has 2 aromatic rings. The molecular formula is C27H37Cl2N3O4S. The molecule has 0 saturated heterocycles. The van der Waals surface area contributed by atoms with E-state index in [4.69, 9.17) is 23.2 Å². The first-order valence-corrected chi connectivity index (χ1v) is 14.9. The van der Waals surface area contributed by atoms with Gasteiger partial charge in [0.15, 0.2) is 0 Å². The highest BCUT2D eigenvalue weighted by atomic mass is 35.5. The Bertz CT molecular complexity index is 1220. The number of rotatable bonds is 12. The minimum atomic E-state index is -3.56. The Kier molecular flexibility index (Phi) is 11.3. The number of nitrogens with one attached hydrogen (secondary N) is 1. The van der Waals surface area contributed by atoms with Crippen LogP contribution in [-0.4, -0.2) is 50.0 Å². The molecule has 0 aliphatic rings. The van der Waals surface area contributed by atoms with Gasteiger partial charge in [0.05, 0.1) is 11.9 Å². The van der Waals surface area contributed by atoms with Gasteiger partial charge in [-0.2, -0.15) is 0 Å². The molecule has 2 aromatic carbocycles. The SMILES string of the molecule is CCC(C(=O)NC(C)C)N(Cc1ccc(Cl)cc1Cl)C(=O)CCCN(c1ccc(C)c(C)c1)S(C)(=O)=O. The molecule has 0 radical (unpaired) electrons. The highest BCUT2D eigenvalue weighted by molar-refractivity contribution is 7.92. The number of aryl methyl sites for hydroxylation is 2. The molecule has 0 aliphatic carbocycles. The maximum atomic E-state index is 13.5. The number of hydrogen-bond donors (Lipinski definition) is 1. The smallest absolute Gasteiger partial charge is 0.243 e. The number of hydrogen-bond acceptors (Lipinski definition) is 4. The molecular weight excluding hydrogens is 533 g/mol. The fourth-order valence-corrected chi connectivity index (χ4v) is 5.44. The number of amides is 2. The van der Waals surface area contributed by atoms with Gasteiger partial charge in [-0.3, -0.25) is 13.9 Å². The fraction of sp³-hybridized carbons (Fsp3) is 0.481. The summed E-state index contributed by atoms with van der Waals surface area (Å²) in [6.07, 6.45) is 1.91. The minimum Gasteiger partial charge on any atom is -0.352 e. The van der Waals surface area contributed by atoms with Crippen molar-refractivity contribution in [3.8, 4) is 0 Å². The maximum Gasteiger partial charge on any atom is 0.243 e. The van der Waals surface area contributed by atoms with Crippen molar-refractivity contribution in [3.05, 3.63) is 63.1 Å². The van der Waals surface area contributed by atoms with Gasteiger partial charge < -0.3 is 10.2 Å². The second kappa shape index (κ2) is 13.5. The summed E-state index contributed by atoms with van der Waals surface area (Å²) < 4.78 is 26.4. The van der Waals surface area contributed by atoms with Crippen molar-refractivity contribution in [2.75, 3.05) is 17.1 Å². The van der Waals surface area contributed by atoms with Crippen molar-refractivity contribution in [2.45, 2.75) is 72.5 Å². The van der Waals surface area contributed by atoms with Crippen LogP contribution >= 0.6 is 23.2 Å². The Balaban J connectivity index is 2.27. The molecule has 0 saturated carbocycles. The first-order valence-electron chi connectivity index (χ1n) is 12.3. The van der Waals surface area contributed by atoms with E-state index in [0.29, 0.717) is 27.7 Å². The molecule has 0 aliphatic heterocycles. The number of benzene rings is 2. The molecule has 0 spiro atoms. The average Bonchev–Trinajstić information content (AvgIpc) is 2.78. The quantitative estimate of drug-likeness (QED) is 0.366. The molecule has 1 N–H and O–H groups in total. The van der Waals surface area contributed by atoms with Crippen molar-refractivity contribution in [1.29, 1.82) is 0 Å². The van der Waals surface area contributed by atoms with Crippen LogP contribution < -0.4 is 9.62 Å². The number of sulfonamides is 1. The van der Waals surface area contributed by atoms with Gasteiger partial charge in [-0.1, -0.05) is 42.3 Å². The second-order valence-corrected chi connectivity index (χ2v) is 12.3. The summed E-state index contributed by atoms with van der Waals surface area (Å²) in [5.74, 6) is -0.505. The van der Waals surface area contributed by atoms with Crippen molar-refractivity contribution in [2.24, 2.45) is 0 Å². The van der Waals surface area contributed by atoms with Crippen LogP contribution in [-0.2, 0) is 26.2 Å². The van der Waals surface area contributed by atoms with Gasteiger partial charge in [0.2, 0.25) is 21.8 Å². The topological polar surface area (TPSA) is 86.8 Å². The van der Waals surface area contributed by atoms with Crippen LogP contribution in [0.25, 0.3) is 0 Å². The van der Waals surface area contributed by atoms with Crippen LogP contribution in [0.3, 0.4) is 0 Å². The molecule has 7 nitrogen and oxygen atoms in total. The summed E-state index contributed by atoms with van der Waals surface area (Å²) in [7, 11) is -3.56. The lowest BCUT2D eigenvalue weighted by Gasteiger charge is -2.32. The Labute approximate surface area is 231 Å².